The van der Waals surface area contributed by atoms with Gasteiger partial charge in [-0.05, 0) is 48.4 Å². The summed E-state index contributed by atoms with van der Waals surface area (Å²) in [6.07, 6.45) is 1.71. The maximum absolute atomic E-state index is 12.3. The monoisotopic (exact) mass is 447 g/mol. The second-order valence-electron chi connectivity index (χ2n) is 6.60. The Morgan fingerprint density at radius 1 is 1.03 bits per heavy atom. The fourth-order valence-corrected chi connectivity index (χ4v) is 3.36. The Hall–Kier alpha value is -3.18. The van der Waals surface area contributed by atoms with Crippen molar-refractivity contribution in [3.8, 4) is 5.75 Å². The highest BCUT2D eigenvalue weighted by molar-refractivity contribution is 9.10. The Morgan fingerprint density at radius 2 is 1.83 bits per heavy atom. The summed E-state index contributed by atoms with van der Waals surface area (Å²) in [5.74, 6) is 0.591. The first kappa shape index (κ1) is 19.2. The number of carbonyl (C=O) groups excluding carboxylic acids is 1. The van der Waals surface area contributed by atoms with Gasteiger partial charge in [-0.15, -0.1) is 0 Å². The van der Waals surface area contributed by atoms with Gasteiger partial charge in [0, 0.05) is 15.6 Å². The molecule has 0 amide bonds. The molecule has 3 aromatic rings. The lowest BCUT2D eigenvalue weighted by molar-refractivity contribution is -0.129. The predicted molar refractivity (Wildman–Crippen MR) is 117 cm³/mol. The molecule has 144 valence electrons. The summed E-state index contributed by atoms with van der Waals surface area (Å²) < 4.78 is 12.3. The normalized spacial score (nSPS) is 14.6. The predicted octanol–water partition coefficient (Wildman–Crippen LogP) is 5.68. The van der Waals surface area contributed by atoms with Crippen LogP contribution in [0.3, 0.4) is 0 Å². The smallest absolute Gasteiger partial charge is 0.363 e. The van der Waals surface area contributed by atoms with Crippen molar-refractivity contribution in [3.05, 3.63) is 105 Å². The van der Waals surface area contributed by atoms with Crippen molar-refractivity contribution >= 4 is 33.9 Å². The summed E-state index contributed by atoms with van der Waals surface area (Å²) >= 11 is 3.52. The third kappa shape index (κ3) is 4.46. The third-order valence-corrected chi connectivity index (χ3v) is 5.28. The molecule has 0 radical (unpaired) electrons. The molecule has 0 unspecified atom stereocenters. The van der Waals surface area contributed by atoms with Gasteiger partial charge in [-0.2, -0.15) is 0 Å². The van der Waals surface area contributed by atoms with Crippen LogP contribution in [0.1, 0.15) is 22.3 Å². The van der Waals surface area contributed by atoms with E-state index in [9.17, 15) is 4.79 Å². The topological polar surface area (TPSA) is 47.9 Å². The van der Waals surface area contributed by atoms with Crippen molar-refractivity contribution in [1.29, 1.82) is 0 Å². The molecule has 0 aliphatic carbocycles. The van der Waals surface area contributed by atoms with E-state index in [4.69, 9.17) is 9.47 Å². The van der Waals surface area contributed by atoms with Crippen LogP contribution in [0.2, 0.25) is 0 Å². The molecule has 4 rings (SSSR count). The van der Waals surface area contributed by atoms with Gasteiger partial charge < -0.3 is 9.47 Å². The van der Waals surface area contributed by atoms with E-state index >= 15 is 0 Å². The molecular weight excluding hydrogens is 430 g/mol. The molecule has 0 bridgehead atoms. The first-order valence-electron chi connectivity index (χ1n) is 9.15. The quantitative estimate of drug-likeness (QED) is 0.373. The van der Waals surface area contributed by atoms with Gasteiger partial charge in [0.2, 0.25) is 5.90 Å². The molecule has 0 aromatic heterocycles. The van der Waals surface area contributed by atoms with Crippen LogP contribution in [0.25, 0.3) is 6.08 Å². The number of cyclic esters (lactones) is 1. The first-order valence-corrected chi connectivity index (χ1v) is 9.94. The van der Waals surface area contributed by atoms with Gasteiger partial charge in [-0.25, -0.2) is 9.79 Å². The highest BCUT2D eigenvalue weighted by Crippen LogP contribution is 2.24. The molecule has 1 aliphatic rings. The second kappa shape index (κ2) is 8.45. The van der Waals surface area contributed by atoms with E-state index < -0.39 is 5.97 Å². The van der Waals surface area contributed by atoms with Crippen molar-refractivity contribution in [3.63, 3.8) is 0 Å². The SMILES string of the molecule is Cc1ccccc1C1=N/C(=C/c2cccc(OCc3ccccc3Br)c2)C(=O)O1. The van der Waals surface area contributed by atoms with E-state index in [-0.39, 0.29) is 5.70 Å². The third-order valence-electron chi connectivity index (χ3n) is 4.51. The van der Waals surface area contributed by atoms with Crippen molar-refractivity contribution in [1.82, 2.24) is 0 Å². The van der Waals surface area contributed by atoms with E-state index in [1.165, 1.54) is 0 Å². The summed E-state index contributed by atoms with van der Waals surface area (Å²) in [7, 11) is 0. The molecular formula is C24H18BrNO3. The molecule has 0 atom stereocenters. The molecule has 0 N–H and O–H groups in total. The van der Waals surface area contributed by atoms with Gasteiger partial charge >= 0.3 is 5.97 Å². The van der Waals surface area contributed by atoms with E-state index in [2.05, 4.69) is 20.9 Å². The van der Waals surface area contributed by atoms with Crippen LogP contribution >= 0.6 is 15.9 Å². The number of ether oxygens (including phenoxy) is 2. The lowest BCUT2D eigenvalue weighted by Crippen LogP contribution is -2.06. The summed E-state index contributed by atoms with van der Waals surface area (Å²) in [6, 6.07) is 23.1. The molecule has 0 saturated carbocycles. The Morgan fingerprint density at radius 3 is 2.66 bits per heavy atom. The number of aryl methyl sites for hydroxylation is 1. The van der Waals surface area contributed by atoms with Gasteiger partial charge in [0.25, 0.3) is 0 Å². The number of aliphatic imine (C=N–C) groups is 1. The molecule has 1 aliphatic heterocycles. The maximum atomic E-state index is 12.3. The fraction of sp³-hybridized carbons (Fsp3) is 0.0833. The van der Waals surface area contributed by atoms with Crippen LogP contribution < -0.4 is 4.74 Å². The van der Waals surface area contributed by atoms with Gasteiger partial charge in [0.1, 0.15) is 12.4 Å². The molecule has 0 saturated heterocycles. The number of benzene rings is 3. The molecule has 5 heteroatoms. The van der Waals surface area contributed by atoms with E-state index in [1.54, 1.807) is 6.08 Å². The van der Waals surface area contributed by atoms with Crippen LogP contribution in [0.15, 0.2) is 88.0 Å². The van der Waals surface area contributed by atoms with E-state index in [0.29, 0.717) is 18.3 Å². The highest BCUT2D eigenvalue weighted by Gasteiger charge is 2.24. The van der Waals surface area contributed by atoms with Crippen molar-refractivity contribution in [2.45, 2.75) is 13.5 Å². The first-order chi connectivity index (χ1) is 14.1. The number of nitrogens with zero attached hydrogens (tertiary/aromatic N) is 1. The largest absolute Gasteiger partial charge is 0.489 e. The Bertz CT molecular complexity index is 1130. The lowest BCUT2D eigenvalue weighted by Gasteiger charge is -2.08. The summed E-state index contributed by atoms with van der Waals surface area (Å²) in [5.41, 5.74) is 3.96. The Labute approximate surface area is 177 Å². The summed E-state index contributed by atoms with van der Waals surface area (Å²) in [5, 5.41) is 0. The fourth-order valence-electron chi connectivity index (χ4n) is 2.97. The van der Waals surface area contributed by atoms with Crippen molar-refractivity contribution in [2.24, 2.45) is 4.99 Å². The number of halogens is 1. The number of esters is 1. The standard InChI is InChI=1S/C24H18BrNO3/c1-16-7-2-4-11-20(16)23-26-22(24(27)29-23)14-17-8-6-10-19(13-17)28-15-18-9-3-5-12-21(18)25/h2-14H,15H2,1H3/b22-14+. The second-order valence-corrected chi connectivity index (χ2v) is 7.46. The number of hydrogen-bond acceptors (Lipinski definition) is 4. The molecule has 3 aromatic carbocycles. The van der Waals surface area contributed by atoms with Crippen LogP contribution in [-0.2, 0) is 16.1 Å². The molecule has 1 heterocycles. The van der Waals surface area contributed by atoms with Crippen molar-refractivity contribution < 1.29 is 14.3 Å². The van der Waals surface area contributed by atoms with Gasteiger partial charge in [0.15, 0.2) is 5.70 Å². The summed E-state index contributed by atoms with van der Waals surface area (Å²) in [4.78, 5) is 16.7. The molecule has 0 spiro atoms. The minimum absolute atomic E-state index is 0.270. The zero-order valence-corrected chi connectivity index (χ0v) is 17.3. The molecule has 29 heavy (non-hydrogen) atoms. The van der Waals surface area contributed by atoms with Crippen LogP contribution in [0.4, 0.5) is 0 Å². The minimum atomic E-state index is -0.456. The zero-order chi connectivity index (χ0) is 20.2. The average molecular weight is 448 g/mol. The number of rotatable bonds is 5. The van der Waals surface area contributed by atoms with Gasteiger partial charge in [-0.1, -0.05) is 64.5 Å². The highest BCUT2D eigenvalue weighted by atomic mass is 79.9. The number of carbonyl (C=O) groups is 1. The Kier molecular flexibility index (Phi) is 5.58. The van der Waals surface area contributed by atoms with Gasteiger partial charge in [-0.3, -0.25) is 0 Å². The van der Waals surface area contributed by atoms with Gasteiger partial charge in [0.05, 0.1) is 0 Å². The lowest BCUT2D eigenvalue weighted by atomic mass is 10.1. The Balaban J connectivity index is 1.54. The average Bonchev–Trinajstić information content (AvgIpc) is 3.08. The van der Waals surface area contributed by atoms with E-state index in [0.717, 1.165) is 26.7 Å². The molecule has 0 fully saturated rings. The minimum Gasteiger partial charge on any atom is -0.489 e. The van der Waals surface area contributed by atoms with Crippen molar-refractivity contribution in [2.75, 3.05) is 0 Å². The molecule has 4 nitrogen and oxygen atoms in total. The van der Waals surface area contributed by atoms with Crippen LogP contribution in [0.5, 0.6) is 5.75 Å². The number of hydrogen-bond donors (Lipinski definition) is 0. The van der Waals surface area contributed by atoms with Crippen LogP contribution in [0, 0.1) is 6.92 Å². The maximum Gasteiger partial charge on any atom is 0.363 e. The zero-order valence-electron chi connectivity index (χ0n) is 15.8. The summed E-state index contributed by atoms with van der Waals surface area (Å²) in [6.45, 7) is 2.40. The van der Waals surface area contributed by atoms with Crippen LogP contribution in [-0.4, -0.2) is 11.9 Å². The van der Waals surface area contributed by atoms with E-state index in [1.807, 2.05) is 79.7 Å².